The minimum atomic E-state index is -3.65. The number of ether oxygens (including phenoxy) is 1. The summed E-state index contributed by atoms with van der Waals surface area (Å²) in [5, 5.41) is 0. The third-order valence-corrected chi connectivity index (χ3v) is 7.96. The molecule has 2 aromatic rings. The van der Waals surface area contributed by atoms with E-state index in [1.54, 1.807) is 28.8 Å². The van der Waals surface area contributed by atoms with Crippen LogP contribution in [0.3, 0.4) is 0 Å². The number of sulfonamides is 1. The van der Waals surface area contributed by atoms with Gasteiger partial charge >= 0.3 is 0 Å². The van der Waals surface area contributed by atoms with Gasteiger partial charge in [0.15, 0.2) is 0 Å². The van der Waals surface area contributed by atoms with Gasteiger partial charge in [0.25, 0.3) is 5.91 Å². The van der Waals surface area contributed by atoms with Gasteiger partial charge in [0.1, 0.15) is 0 Å². The number of thioether (sulfide) groups is 1. The Bertz CT molecular complexity index is 1000. The van der Waals surface area contributed by atoms with Gasteiger partial charge in [-0.3, -0.25) is 4.79 Å². The fourth-order valence-corrected chi connectivity index (χ4v) is 5.88. The Morgan fingerprint density at radius 3 is 2.61 bits per heavy atom. The smallest absolute Gasteiger partial charge is 0.258 e. The van der Waals surface area contributed by atoms with Crippen LogP contribution in [0, 0.1) is 6.92 Å². The molecular formula is C20H22N2O4S2. The summed E-state index contributed by atoms with van der Waals surface area (Å²) in [6.45, 7) is 3.87. The minimum Gasteiger partial charge on any atom is -0.379 e. The van der Waals surface area contributed by atoms with Crippen LogP contribution in [-0.4, -0.2) is 57.2 Å². The molecule has 1 fully saturated rings. The fourth-order valence-electron chi connectivity index (χ4n) is 3.45. The van der Waals surface area contributed by atoms with Gasteiger partial charge in [0.2, 0.25) is 10.0 Å². The molecule has 2 aliphatic heterocycles. The molecule has 6 nitrogen and oxygen atoms in total. The van der Waals surface area contributed by atoms with Gasteiger partial charge in [-0.25, -0.2) is 8.42 Å². The molecule has 2 heterocycles. The number of anilines is 1. The Hall–Kier alpha value is -1.87. The average Bonchev–Trinajstić information content (AvgIpc) is 2.73. The molecule has 0 N–H and O–H groups in total. The summed E-state index contributed by atoms with van der Waals surface area (Å²) in [6, 6.07) is 12.6. The standard InChI is InChI=1S/C20H22N2O4S2/c1-15-6-7-16(28(24,25)21-8-11-26-12-9-21)14-17(15)20(23)22-10-13-27-19-5-3-2-4-18(19)22/h2-7,14H,8-13H2,1H3. The Morgan fingerprint density at radius 1 is 1.07 bits per heavy atom. The molecule has 28 heavy (non-hydrogen) atoms. The van der Waals surface area contributed by atoms with E-state index in [0.29, 0.717) is 38.4 Å². The van der Waals surface area contributed by atoms with Gasteiger partial charge in [-0.1, -0.05) is 18.2 Å². The van der Waals surface area contributed by atoms with Crippen molar-refractivity contribution in [2.24, 2.45) is 0 Å². The second-order valence-electron chi connectivity index (χ2n) is 6.77. The van der Waals surface area contributed by atoms with Gasteiger partial charge in [-0.15, -0.1) is 11.8 Å². The second-order valence-corrected chi connectivity index (χ2v) is 9.84. The predicted molar refractivity (Wildman–Crippen MR) is 110 cm³/mol. The number of aryl methyl sites for hydroxylation is 1. The van der Waals surface area contributed by atoms with Crippen molar-refractivity contribution in [1.29, 1.82) is 0 Å². The molecule has 0 spiro atoms. The molecule has 0 bridgehead atoms. The van der Waals surface area contributed by atoms with Crippen molar-refractivity contribution < 1.29 is 17.9 Å². The molecule has 0 saturated carbocycles. The highest BCUT2D eigenvalue weighted by atomic mass is 32.2. The lowest BCUT2D eigenvalue weighted by Gasteiger charge is -2.30. The van der Waals surface area contributed by atoms with Crippen LogP contribution < -0.4 is 4.90 Å². The third-order valence-electron chi connectivity index (χ3n) is 5.02. The van der Waals surface area contributed by atoms with E-state index in [1.165, 1.54) is 10.4 Å². The number of fused-ring (bicyclic) bond motifs is 1. The lowest BCUT2D eigenvalue weighted by atomic mass is 10.1. The molecule has 8 heteroatoms. The number of carbonyl (C=O) groups is 1. The number of benzene rings is 2. The van der Waals surface area contributed by atoms with Crippen LogP contribution in [0.15, 0.2) is 52.3 Å². The minimum absolute atomic E-state index is 0.156. The molecule has 0 atom stereocenters. The summed E-state index contributed by atoms with van der Waals surface area (Å²) in [5.41, 5.74) is 2.07. The van der Waals surface area contributed by atoms with Gasteiger partial charge in [0, 0.05) is 35.8 Å². The van der Waals surface area contributed by atoms with Crippen LogP contribution in [0.4, 0.5) is 5.69 Å². The second kappa shape index (κ2) is 7.87. The number of para-hydroxylation sites is 1. The van der Waals surface area contributed by atoms with E-state index >= 15 is 0 Å². The first-order valence-electron chi connectivity index (χ1n) is 9.21. The van der Waals surface area contributed by atoms with E-state index in [9.17, 15) is 13.2 Å². The van der Waals surface area contributed by atoms with Gasteiger partial charge in [-0.05, 0) is 36.8 Å². The van der Waals surface area contributed by atoms with Crippen molar-refractivity contribution in [3.63, 3.8) is 0 Å². The van der Waals surface area contributed by atoms with E-state index in [-0.39, 0.29) is 10.8 Å². The lowest BCUT2D eigenvalue weighted by molar-refractivity contribution is 0.0730. The van der Waals surface area contributed by atoms with Gasteiger partial charge < -0.3 is 9.64 Å². The molecule has 1 saturated heterocycles. The first-order valence-corrected chi connectivity index (χ1v) is 11.6. The highest BCUT2D eigenvalue weighted by Crippen LogP contribution is 2.35. The zero-order valence-electron chi connectivity index (χ0n) is 15.6. The maximum Gasteiger partial charge on any atom is 0.258 e. The highest BCUT2D eigenvalue weighted by Gasteiger charge is 2.29. The maximum absolute atomic E-state index is 13.3. The molecule has 0 aromatic heterocycles. The SMILES string of the molecule is Cc1ccc(S(=O)(=O)N2CCOCC2)cc1C(=O)N1CCSc2ccccc21. The molecule has 1 amide bonds. The zero-order chi connectivity index (χ0) is 19.7. The highest BCUT2D eigenvalue weighted by molar-refractivity contribution is 7.99. The van der Waals surface area contributed by atoms with Crippen molar-refractivity contribution >= 4 is 33.4 Å². The summed E-state index contributed by atoms with van der Waals surface area (Å²) < 4.78 is 32.7. The van der Waals surface area contributed by atoms with Crippen LogP contribution in [0.2, 0.25) is 0 Å². The van der Waals surface area contributed by atoms with Crippen LogP contribution in [-0.2, 0) is 14.8 Å². The third kappa shape index (κ3) is 3.57. The van der Waals surface area contributed by atoms with E-state index < -0.39 is 10.0 Å². The summed E-state index contributed by atoms with van der Waals surface area (Å²) >= 11 is 1.73. The number of rotatable bonds is 3. The molecule has 4 rings (SSSR count). The normalized spacial score (nSPS) is 18.0. The summed E-state index contributed by atoms with van der Waals surface area (Å²) in [5.74, 6) is 0.650. The Morgan fingerprint density at radius 2 is 1.82 bits per heavy atom. The lowest BCUT2D eigenvalue weighted by Crippen LogP contribution is -2.40. The largest absolute Gasteiger partial charge is 0.379 e. The topological polar surface area (TPSA) is 66.9 Å². The molecule has 0 radical (unpaired) electrons. The number of hydrogen-bond donors (Lipinski definition) is 0. The summed E-state index contributed by atoms with van der Waals surface area (Å²) in [4.78, 5) is 16.3. The number of carbonyl (C=O) groups excluding carboxylic acids is 1. The average molecular weight is 419 g/mol. The summed E-state index contributed by atoms with van der Waals surface area (Å²) in [6.07, 6.45) is 0. The summed E-state index contributed by atoms with van der Waals surface area (Å²) in [7, 11) is -3.65. The molecule has 0 unspecified atom stereocenters. The van der Waals surface area contributed by atoms with Crippen molar-refractivity contribution in [3.8, 4) is 0 Å². The van der Waals surface area contributed by atoms with Crippen molar-refractivity contribution in [1.82, 2.24) is 4.31 Å². The number of nitrogens with zero attached hydrogens (tertiary/aromatic N) is 2. The number of amides is 1. The number of hydrogen-bond acceptors (Lipinski definition) is 5. The van der Waals surface area contributed by atoms with Crippen LogP contribution >= 0.6 is 11.8 Å². The van der Waals surface area contributed by atoms with Crippen molar-refractivity contribution in [2.45, 2.75) is 16.7 Å². The zero-order valence-corrected chi connectivity index (χ0v) is 17.3. The Kier molecular flexibility index (Phi) is 5.46. The van der Waals surface area contributed by atoms with E-state index in [0.717, 1.165) is 21.9 Å². The fraction of sp³-hybridized carbons (Fsp3) is 0.350. The molecule has 148 valence electrons. The molecular weight excluding hydrogens is 396 g/mol. The Balaban J connectivity index is 1.69. The van der Waals surface area contributed by atoms with Gasteiger partial charge in [-0.2, -0.15) is 4.31 Å². The Labute approximate surface area is 169 Å². The van der Waals surface area contributed by atoms with Gasteiger partial charge in [0.05, 0.1) is 23.8 Å². The van der Waals surface area contributed by atoms with Crippen LogP contribution in [0.1, 0.15) is 15.9 Å². The predicted octanol–water partition coefficient (Wildman–Crippen LogP) is 2.77. The van der Waals surface area contributed by atoms with Crippen molar-refractivity contribution in [2.75, 3.05) is 43.5 Å². The van der Waals surface area contributed by atoms with E-state index in [4.69, 9.17) is 4.74 Å². The first kappa shape index (κ1) is 19.4. The maximum atomic E-state index is 13.3. The number of morpholine rings is 1. The van der Waals surface area contributed by atoms with E-state index in [1.807, 2.05) is 31.2 Å². The molecule has 0 aliphatic carbocycles. The first-order chi connectivity index (χ1) is 13.5. The van der Waals surface area contributed by atoms with Crippen LogP contribution in [0.25, 0.3) is 0 Å². The van der Waals surface area contributed by atoms with Crippen molar-refractivity contribution in [3.05, 3.63) is 53.6 Å². The monoisotopic (exact) mass is 418 g/mol. The van der Waals surface area contributed by atoms with E-state index in [2.05, 4.69) is 0 Å². The van der Waals surface area contributed by atoms with Crippen LogP contribution in [0.5, 0.6) is 0 Å². The molecule has 2 aromatic carbocycles. The molecule has 2 aliphatic rings. The quantitative estimate of drug-likeness (QED) is 0.767.